The van der Waals surface area contributed by atoms with Crippen LogP contribution < -0.4 is 0 Å². The van der Waals surface area contributed by atoms with Crippen LogP contribution in [0.1, 0.15) is 1.37 Å². The second-order valence-electron chi connectivity index (χ2n) is 1.24. The monoisotopic (exact) mass is 89.1 g/mol. The van der Waals surface area contributed by atoms with Crippen molar-refractivity contribution in [3.63, 3.8) is 0 Å². The van der Waals surface area contributed by atoms with Crippen LogP contribution in [0.15, 0.2) is 0 Å². The third-order valence-corrected chi connectivity index (χ3v) is 0.647. The molecule has 1 saturated heterocycles. The molecular weight excluding hydrogens is 80.0 g/mol. The molecule has 0 spiro atoms. The predicted octanol–water partition coefficient (Wildman–Crippen LogP) is 0.0316. The zero-order chi connectivity index (χ0) is 5.28. The van der Waals surface area contributed by atoms with Crippen molar-refractivity contribution in [2.24, 2.45) is 0 Å². The van der Waals surface area contributed by atoms with Gasteiger partial charge in [0.2, 0.25) is 0 Å². The second kappa shape index (κ2) is 1.58. The van der Waals surface area contributed by atoms with Crippen LogP contribution in [0, 0.1) is 0 Å². The molecule has 0 radical (unpaired) electrons. The average molecular weight is 89.1 g/mol. The molecule has 1 heterocycles. The molecule has 2 atom stereocenters. The smallest absolute Gasteiger partial charge is 0.104 e. The van der Waals surface area contributed by atoms with E-state index in [4.69, 9.17) is 6.11 Å². The summed E-state index contributed by atoms with van der Waals surface area (Å²) in [6.45, 7) is 0.238. The summed E-state index contributed by atoms with van der Waals surface area (Å²) in [5.41, 5.74) is 0. The first kappa shape index (κ1) is 2.99. The van der Waals surface area contributed by atoms with Gasteiger partial charge in [-0.25, -0.2) is 0 Å². The van der Waals surface area contributed by atoms with Crippen molar-refractivity contribution in [1.29, 1.82) is 0 Å². The number of hydrogen-bond donors (Lipinski definition) is 0. The molecule has 2 unspecified atom stereocenters. The Morgan fingerprint density at radius 1 is 2.33 bits per heavy atom. The van der Waals surface area contributed by atoms with Gasteiger partial charge in [-0.1, -0.05) is 0 Å². The minimum absolute atomic E-state index is 0.0602. The van der Waals surface area contributed by atoms with Crippen LogP contribution in [-0.4, -0.2) is 26.4 Å². The van der Waals surface area contributed by atoms with Crippen molar-refractivity contribution in [2.45, 2.75) is 6.10 Å². The van der Waals surface area contributed by atoms with E-state index in [9.17, 15) is 0 Å². The van der Waals surface area contributed by atoms with Gasteiger partial charge in [0.05, 0.1) is 14.6 Å². The Bertz CT molecular complexity index is 62.7. The molecule has 1 aliphatic rings. The Morgan fingerprint density at radius 2 is 3.00 bits per heavy atom. The summed E-state index contributed by atoms with van der Waals surface area (Å²) in [5, 5.41) is 0. The average Bonchev–Trinajstić information content (AvgIpc) is 2.44. The fourth-order valence-electron chi connectivity index (χ4n) is 0.286. The van der Waals surface area contributed by atoms with Crippen molar-refractivity contribution in [2.75, 3.05) is 20.3 Å². The van der Waals surface area contributed by atoms with Crippen LogP contribution in [0.2, 0.25) is 0 Å². The molecule has 6 heavy (non-hydrogen) atoms. The molecule has 2 nitrogen and oxygen atoms in total. The molecule has 36 valence electrons. The summed E-state index contributed by atoms with van der Waals surface area (Å²) in [6, 6.07) is 0. The van der Waals surface area contributed by atoms with Gasteiger partial charge in [-0.3, -0.25) is 0 Å². The number of methoxy groups -OCH3 is 1. The highest BCUT2D eigenvalue weighted by atomic mass is 16.6. The minimum Gasteiger partial charge on any atom is -0.382 e. The minimum atomic E-state index is -0.458. The van der Waals surface area contributed by atoms with Crippen LogP contribution >= 0.6 is 0 Å². The van der Waals surface area contributed by atoms with E-state index in [1.165, 1.54) is 7.11 Å². The molecular formula is C4H8O2. The molecule has 1 rings (SSSR count). The third kappa shape index (κ3) is 0.954. The van der Waals surface area contributed by atoms with Gasteiger partial charge in [0.15, 0.2) is 0 Å². The first-order valence-electron chi connectivity index (χ1n) is 2.49. The maximum absolute atomic E-state index is 6.99. The van der Waals surface area contributed by atoms with Gasteiger partial charge in [0.25, 0.3) is 0 Å². The number of ether oxygens (including phenoxy) is 2. The van der Waals surface area contributed by atoms with E-state index in [0.29, 0.717) is 6.61 Å². The Balaban J connectivity index is 2.10. The summed E-state index contributed by atoms with van der Waals surface area (Å²) in [6.07, 6.45) is 0.0602. The van der Waals surface area contributed by atoms with E-state index in [-0.39, 0.29) is 6.10 Å². The van der Waals surface area contributed by atoms with Gasteiger partial charge in [0.1, 0.15) is 6.10 Å². The zero-order valence-electron chi connectivity index (χ0n) is 4.68. The van der Waals surface area contributed by atoms with Crippen LogP contribution in [0.25, 0.3) is 0 Å². The lowest BCUT2D eigenvalue weighted by molar-refractivity contribution is 0.171. The lowest BCUT2D eigenvalue weighted by Crippen LogP contribution is -1.94. The molecule has 0 amide bonds. The molecule has 0 N–H and O–H groups in total. The van der Waals surface area contributed by atoms with Crippen LogP contribution in [-0.2, 0) is 9.47 Å². The van der Waals surface area contributed by atoms with E-state index in [2.05, 4.69) is 4.74 Å². The maximum atomic E-state index is 6.99. The lowest BCUT2D eigenvalue weighted by atomic mass is 10.5. The SMILES string of the molecule is [2H]C(OC)C1CO1. The zero-order valence-corrected chi connectivity index (χ0v) is 3.68. The molecule has 0 aliphatic carbocycles. The number of epoxide rings is 1. The Morgan fingerprint density at radius 3 is 3.17 bits per heavy atom. The molecule has 0 aromatic rings. The van der Waals surface area contributed by atoms with Crippen molar-refractivity contribution in [3.8, 4) is 0 Å². The highest BCUT2D eigenvalue weighted by molar-refractivity contribution is 4.66. The summed E-state index contributed by atoms with van der Waals surface area (Å²) in [4.78, 5) is 0. The first-order valence-corrected chi connectivity index (χ1v) is 1.91. The first-order chi connectivity index (χ1) is 3.34. The predicted molar refractivity (Wildman–Crippen MR) is 21.6 cm³/mol. The normalized spacial score (nSPS) is 38.2. The quantitative estimate of drug-likeness (QED) is 0.445. The van der Waals surface area contributed by atoms with Crippen molar-refractivity contribution >= 4 is 0 Å². The highest BCUT2D eigenvalue weighted by Gasteiger charge is 2.21. The van der Waals surface area contributed by atoms with Crippen molar-refractivity contribution in [1.82, 2.24) is 0 Å². The Labute approximate surface area is 38.5 Å². The van der Waals surface area contributed by atoms with Crippen molar-refractivity contribution in [3.05, 3.63) is 0 Å². The van der Waals surface area contributed by atoms with Gasteiger partial charge in [0, 0.05) is 7.11 Å². The summed E-state index contributed by atoms with van der Waals surface area (Å²) in [7, 11) is 1.51. The highest BCUT2D eigenvalue weighted by Crippen LogP contribution is 2.06. The topological polar surface area (TPSA) is 21.8 Å². The standard InChI is InChI=1S/C4H8O2/c1-5-2-4-3-6-4/h4H,2-3H2,1H3/i2D. The molecule has 0 aromatic heterocycles. The van der Waals surface area contributed by atoms with Gasteiger partial charge in [-0.15, -0.1) is 0 Å². The largest absolute Gasteiger partial charge is 0.382 e. The van der Waals surface area contributed by atoms with Crippen LogP contribution in [0.3, 0.4) is 0 Å². The van der Waals surface area contributed by atoms with Crippen molar-refractivity contribution < 1.29 is 10.8 Å². The van der Waals surface area contributed by atoms with E-state index in [1.807, 2.05) is 0 Å². The third-order valence-electron chi connectivity index (χ3n) is 0.647. The lowest BCUT2D eigenvalue weighted by Gasteiger charge is -1.84. The van der Waals surface area contributed by atoms with E-state index >= 15 is 0 Å². The summed E-state index contributed by atoms with van der Waals surface area (Å²) >= 11 is 0. The molecule has 1 fully saturated rings. The summed E-state index contributed by atoms with van der Waals surface area (Å²) < 4.78 is 16.4. The second-order valence-corrected chi connectivity index (χ2v) is 1.24. The Hall–Kier alpha value is -0.0800. The molecule has 1 aliphatic heterocycles. The molecule has 0 bridgehead atoms. The van der Waals surface area contributed by atoms with Crippen LogP contribution in [0.5, 0.6) is 0 Å². The molecule has 2 heteroatoms. The van der Waals surface area contributed by atoms with Gasteiger partial charge < -0.3 is 9.47 Å². The Kier molecular flexibility index (Phi) is 0.787. The van der Waals surface area contributed by atoms with E-state index in [0.717, 1.165) is 0 Å². The van der Waals surface area contributed by atoms with E-state index in [1.54, 1.807) is 0 Å². The number of hydrogen-bond acceptors (Lipinski definition) is 2. The molecule has 0 saturated carbocycles. The van der Waals surface area contributed by atoms with Crippen LogP contribution in [0.4, 0.5) is 0 Å². The summed E-state index contributed by atoms with van der Waals surface area (Å²) in [5.74, 6) is 0. The number of rotatable bonds is 2. The van der Waals surface area contributed by atoms with Gasteiger partial charge in [-0.2, -0.15) is 0 Å². The molecule has 0 aromatic carbocycles. The van der Waals surface area contributed by atoms with Gasteiger partial charge in [-0.05, 0) is 0 Å². The fourth-order valence-corrected chi connectivity index (χ4v) is 0.286. The van der Waals surface area contributed by atoms with Gasteiger partial charge >= 0.3 is 0 Å². The fraction of sp³-hybridized carbons (Fsp3) is 1.00. The maximum Gasteiger partial charge on any atom is 0.104 e. The van der Waals surface area contributed by atoms with E-state index < -0.39 is 6.58 Å².